The number of hydrogen-bond donors (Lipinski definition) is 1. The zero-order valence-electron chi connectivity index (χ0n) is 11.5. The highest BCUT2D eigenvalue weighted by atomic mass is 35.5. The largest absolute Gasteiger partial charge is 0.479 e. The average molecular weight is 334 g/mol. The Hall–Kier alpha value is -1.15. The number of rotatable bonds is 6. The monoisotopic (exact) mass is 333 g/mol. The molecular formula is C13H16ClNO5S. The first-order valence-corrected chi connectivity index (χ1v) is 8.37. The molecule has 6 nitrogen and oxygen atoms in total. The fourth-order valence-electron chi connectivity index (χ4n) is 2.21. The Balaban J connectivity index is 2.08. The molecule has 0 unspecified atom stereocenters. The highest BCUT2D eigenvalue weighted by Crippen LogP contribution is 2.30. The van der Waals surface area contributed by atoms with E-state index in [9.17, 15) is 13.2 Å². The van der Waals surface area contributed by atoms with Crippen molar-refractivity contribution in [2.75, 3.05) is 19.7 Å². The Morgan fingerprint density at radius 1 is 1.48 bits per heavy atom. The van der Waals surface area contributed by atoms with Crippen molar-refractivity contribution in [3.8, 4) is 0 Å². The summed E-state index contributed by atoms with van der Waals surface area (Å²) in [5, 5.41) is 9.62. The van der Waals surface area contributed by atoms with Gasteiger partial charge in [0, 0.05) is 11.6 Å². The fourth-order valence-corrected chi connectivity index (χ4v) is 4.02. The minimum atomic E-state index is -3.58. The van der Waals surface area contributed by atoms with Gasteiger partial charge in [-0.15, -0.1) is 0 Å². The van der Waals surface area contributed by atoms with Crippen molar-refractivity contribution >= 4 is 27.6 Å². The lowest BCUT2D eigenvalue weighted by atomic mass is 9.97. The van der Waals surface area contributed by atoms with Gasteiger partial charge in [0.25, 0.3) is 0 Å². The summed E-state index contributed by atoms with van der Waals surface area (Å²) < 4.78 is 30.8. The van der Waals surface area contributed by atoms with Crippen molar-refractivity contribution in [1.82, 2.24) is 4.31 Å². The van der Waals surface area contributed by atoms with Crippen LogP contribution in [0.1, 0.15) is 12.5 Å². The van der Waals surface area contributed by atoms with Crippen molar-refractivity contribution in [3.63, 3.8) is 0 Å². The molecule has 0 saturated carbocycles. The van der Waals surface area contributed by atoms with Gasteiger partial charge in [-0.1, -0.05) is 23.7 Å². The van der Waals surface area contributed by atoms with E-state index in [0.717, 1.165) is 4.31 Å². The number of carbonyl (C=O) groups is 1. The van der Waals surface area contributed by atoms with Gasteiger partial charge >= 0.3 is 5.97 Å². The fraction of sp³-hybridized carbons (Fsp3) is 0.462. The SMILES string of the molecule is CCOC1(C(=O)O)CN(S(=O)(=O)Cc2cccc(Cl)c2)C1. The molecule has 0 aliphatic carbocycles. The van der Waals surface area contributed by atoms with Crippen LogP contribution in [0.2, 0.25) is 5.02 Å². The van der Waals surface area contributed by atoms with Crippen LogP contribution in [0.5, 0.6) is 0 Å². The van der Waals surface area contributed by atoms with E-state index in [1.807, 2.05) is 0 Å². The summed E-state index contributed by atoms with van der Waals surface area (Å²) in [7, 11) is -3.58. The third kappa shape index (κ3) is 3.37. The van der Waals surface area contributed by atoms with E-state index in [1.165, 1.54) is 0 Å². The zero-order valence-corrected chi connectivity index (χ0v) is 13.0. The molecular weight excluding hydrogens is 318 g/mol. The highest BCUT2D eigenvalue weighted by Gasteiger charge is 2.54. The number of carboxylic acid groups (broad SMARTS) is 1. The van der Waals surface area contributed by atoms with Crippen molar-refractivity contribution in [1.29, 1.82) is 0 Å². The number of halogens is 1. The van der Waals surface area contributed by atoms with Crippen molar-refractivity contribution < 1.29 is 23.1 Å². The highest BCUT2D eigenvalue weighted by molar-refractivity contribution is 7.88. The molecule has 1 saturated heterocycles. The maximum absolute atomic E-state index is 12.2. The summed E-state index contributed by atoms with van der Waals surface area (Å²) in [6.07, 6.45) is 0. The van der Waals surface area contributed by atoms with E-state index in [2.05, 4.69) is 0 Å². The van der Waals surface area contributed by atoms with E-state index in [-0.39, 0.29) is 25.4 Å². The number of aliphatic carboxylic acids is 1. The van der Waals surface area contributed by atoms with Gasteiger partial charge in [0.1, 0.15) is 0 Å². The Morgan fingerprint density at radius 2 is 2.14 bits per heavy atom. The van der Waals surface area contributed by atoms with Gasteiger partial charge in [0.05, 0.1) is 18.8 Å². The number of carboxylic acids is 1. The molecule has 1 aromatic rings. The van der Waals surface area contributed by atoms with Gasteiger partial charge in [-0.05, 0) is 24.6 Å². The molecule has 1 N–H and O–H groups in total. The predicted molar refractivity (Wildman–Crippen MR) is 77.6 cm³/mol. The molecule has 0 spiro atoms. The zero-order chi connectivity index (χ0) is 15.7. The van der Waals surface area contributed by atoms with Crippen molar-refractivity contribution in [3.05, 3.63) is 34.9 Å². The van der Waals surface area contributed by atoms with E-state index < -0.39 is 21.6 Å². The van der Waals surface area contributed by atoms with Crippen molar-refractivity contribution in [2.24, 2.45) is 0 Å². The summed E-state index contributed by atoms with van der Waals surface area (Å²) in [5.74, 6) is -1.35. The maximum atomic E-state index is 12.2. The van der Waals surface area contributed by atoms with Gasteiger partial charge in [0.2, 0.25) is 10.0 Å². The van der Waals surface area contributed by atoms with Crippen LogP contribution in [-0.4, -0.2) is 49.1 Å². The Kier molecular flexibility index (Phi) is 4.57. The number of ether oxygens (including phenoxy) is 1. The summed E-state index contributed by atoms with van der Waals surface area (Å²) in [6.45, 7) is 1.56. The molecule has 1 fully saturated rings. The van der Waals surface area contributed by atoms with Crippen LogP contribution in [0.3, 0.4) is 0 Å². The van der Waals surface area contributed by atoms with Crippen LogP contribution < -0.4 is 0 Å². The first-order valence-electron chi connectivity index (χ1n) is 6.39. The van der Waals surface area contributed by atoms with Gasteiger partial charge in [-0.3, -0.25) is 0 Å². The number of sulfonamides is 1. The van der Waals surface area contributed by atoms with E-state index in [1.54, 1.807) is 31.2 Å². The maximum Gasteiger partial charge on any atom is 0.338 e. The normalized spacial score (nSPS) is 18.2. The molecule has 0 radical (unpaired) electrons. The third-order valence-electron chi connectivity index (χ3n) is 3.31. The van der Waals surface area contributed by atoms with Crippen LogP contribution in [-0.2, 0) is 25.3 Å². The van der Waals surface area contributed by atoms with Crippen LogP contribution in [0.25, 0.3) is 0 Å². The quantitative estimate of drug-likeness (QED) is 0.849. The molecule has 0 amide bonds. The summed E-state index contributed by atoms with van der Waals surface area (Å²) in [6, 6.07) is 6.57. The minimum Gasteiger partial charge on any atom is -0.479 e. The molecule has 1 aliphatic heterocycles. The number of benzene rings is 1. The molecule has 21 heavy (non-hydrogen) atoms. The smallest absolute Gasteiger partial charge is 0.338 e. The molecule has 1 heterocycles. The second kappa shape index (κ2) is 5.92. The molecule has 0 bridgehead atoms. The Morgan fingerprint density at radius 3 is 2.67 bits per heavy atom. The van der Waals surface area contributed by atoms with Crippen molar-refractivity contribution in [2.45, 2.75) is 18.3 Å². The third-order valence-corrected chi connectivity index (χ3v) is 5.28. The Labute approximate surface area is 128 Å². The van der Waals surface area contributed by atoms with Gasteiger partial charge in [-0.2, -0.15) is 4.31 Å². The van der Waals surface area contributed by atoms with Gasteiger partial charge in [0.15, 0.2) is 5.60 Å². The molecule has 1 aromatic carbocycles. The van der Waals surface area contributed by atoms with E-state index in [4.69, 9.17) is 21.4 Å². The number of nitrogens with zero attached hydrogens (tertiary/aromatic N) is 1. The molecule has 2 rings (SSSR count). The molecule has 116 valence electrons. The second-order valence-corrected chi connectivity index (χ2v) is 7.29. The summed E-state index contributed by atoms with van der Waals surface area (Å²) in [5.41, 5.74) is -0.859. The summed E-state index contributed by atoms with van der Waals surface area (Å²) in [4.78, 5) is 11.2. The lowest BCUT2D eigenvalue weighted by Crippen LogP contribution is -2.68. The van der Waals surface area contributed by atoms with Crippen LogP contribution in [0, 0.1) is 0 Å². The summed E-state index contributed by atoms with van der Waals surface area (Å²) >= 11 is 5.82. The molecule has 0 atom stereocenters. The topological polar surface area (TPSA) is 83.9 Å². The number of hydrogen-bond acceptors (Lipinski definition) is 4. The van der Waals surface area contributed by atoms with Crippen LogP contribution in [0.4, 0.5) is 0 Å². The Bertz CT molecular complexity index is 640. The van der Waals surface area contributed by atoms with Gasteiger partial charge < -0.3 is 9.84 Å². The second-order valence-electron chi connectivity index (χ2n) is 4.89. The van der Waals surface area contributed by atoms with Crippen LogP contribution in [0.15, 0.2) is 24.3 Å². The minimum absolute atomic E-state index is 0.168. The molecule has 1 aliphatic rings. The first kappa shape index (κ1) is 16.2. The lowest BCUT2D eigenvalue weighted by molar-refractivity contribution is -0.181. The first-order chi connectivity index (χ1) is 9.79. The van der Waals surface area contributed by atoms with Gasteiger partial charge in [-0.25, -0.2) is 13.2 Å². The lowest BCUT2D eigenvalue weighted by Gasteiger charge is -2.45. The van der Waals surface area contributed by atoms with E-state index >= 15 is 0 Å². The van der Waals surface area contributed by atoms with E-state index in [0.29, 0.717) is 10.6 Å². The molecule has 8 heteroatoms. The van der Waals surface area contributed by atoms with Crippen LogP contribution >= 0.6 is 11.6 Å². The molecule has 0 aromatic heterocycles. The average Bonchev–Trinajstić information content (AvgIpc) is 2.31. The predicted octanol–water partition coefficient (Wildman–Crippen LogP) is 1.35. The standard InChI is InChI=1S/C13H16ClNO5S/c1-2-20-13(12(16)17)8-15(9-13)21(18,19)7-10-4-3-5-11(14)6-10/h3-6H,2,7-9H2,1H3,(H,16,17).